The summed E-state index contributed by atoms with van der Waals surface area (Å²) >= 11 is 0. The third-order valence-electron chi connectivity index (χ3n) is 5.01. The average molecular weight is 409 g/mol. The number of halogens is 3. The summed E-state index contributed by atoms with van der Waals surface area (Å²) in [6.07, 6.45) is -3.99. The molecule has 29 heavy (non-hydrogen) atoms. The Bertz CT molecular complexity index is 891. The third-order valence-corrected chi connectivity index (χ3v) is 5.01. The van der Waals surface area contributed by atoms with Gasteiger partial charge in [-0.3, -0.25) is 4.90 Å². The predicted octanol–water partition coefficient (Wildman–Crippen LogP) is 3.62. The number of aryl methyl sites for hydroxylation is 1. The zero-order chi connectivity index (χ0) is 20.6. The van der Waals surface area contributed by atoms with Crippen LogP contribution in [0.15, 0.2) is 24.3 Å². The van der Waals surface area contributed by atoms with Crippen molar-refractivity contribution in [1.82, 2.24) is 14.9 Å². The second-order valence-corrected chi connectivity index (χ2v) is 7.38. The fourth-order valence-electron chi connectivity index (χ4n) is 3.66. The summed E-state index contributed by atoms with van der Waals surface area (Å²) in [5, 5.41) is 0. The number of nitrogens with zero attached hydrogens (tertiary/aromatic N) is 3. The van der Waals surface area contributed by atoms with Crippen molar-refractivity contribution in [3.63, 3.8) is 0 Å². The summed E-state index contributed by atoms with van der Waals surface area (Å²) in [4.78, 5) is 10.3. The number of ether oxygens (including phenoxy) is 3. The van der Waals surface area contributed by atoms with Crippen molar-refractivity contribution in [2.24, 2.45) is 0 Å². The summed E-state index contributed by atoms with van der Waals surface area (Å²) in [5.74, 6) is 1.34. The van der Waals surface area contributed by atoms with E-state index in [9.17, 15) is 13.2 Å². The number of pyridine rings is 2. The van der Waals surface area contributed by atoms with Gasteiger partial charge in [-0.2, -0.15) is 13.2 Å². The lowest BCUT2D eigenvalue weighted by Crippen LogP contribution is -2.28. The van der Waals surface area contributed by atoms with Crippen LogP contribution in [0.25, 0.3) is 0 Å². The Morgan fingerprint density at radius 1 is 1.17 bits per heavy atom. The number of rotatable bonds is 4. The van der Waals surface area contributed by atoms with Gasteiger partial charge in [-0.1, -0.05) is 0 Å². The molecule has 4 heterocycles. The van der Waals surface area contributed by atoms with Crippen LogP contribution >= 0.6 is 0 Å². The Kier molecular flexibility index (Phi) is 5.24. The van der Waals surface area contributed by atoms with Gasteiger partial charge in [0.05, 0.1) is 5.69 Å². The molecule has 0 amide bonds. The minimum atomic E-state index is -4.50. The van der Waals surface area contributed by atoms with Gasteiger partial charge in [0.1, 0.15) is 30.8 Å². The van der Waals surface area contributed by atoms with Crippen molar-refractivity contribution in [1.29, 1.82) is 0 Å². The first-order valence-corrected chi connectivity index (χ1v) is 9.50. The van der Waals surface area contributed by atoms with E-state index in [2.05, 4.69) is 21.8 Å². The fourth-order valence-corrected chi connectivity index (χ4v) is 3.66. The van der Waals surface area contributed by atoms with Crippen LogP contribution in [-0.2, 0) is 12.7 Å². The van der Waals surface area contributed by atoms with Crippen LogP contribution in [-0.4, -0.2) is 46.8 Å². The van der Waals surface area contributed by atoms with Crippen LogP contribution in [0.4, 0.5) is 13.2 Å². The zero-order valence-electron chi connectivity index (χ0n) is 16.2. The van der Waals surface area contributed by atoms with Crippen molar-refractivity contribution in [3.05, 3.63) is 41.3 Å². The van der Waals surface area contributed by atoms with Gasteiger partial charge in [-0.05, 0) is 26.0 Å². The molecule has 2 aliphatic heterocycles. The van der Waals surface area contributed by atoms with E-state index < -0.39 is 11.9 Å². The molecular weight excluding hydrogens is 387 g/mol. The van der Waals surface area contributed by atoms with E-state index in [0.717, 1.165) is 11.8 Å². The van der Waals surface area contributed by atoms with Crippen molar-refractivity contribution in [3.8, 4) is 17.4 Å². The summed E-state index contributed by atoms with van der Waals surface area (Å²) in [6, 6.07) is 6.45. The molecule has 2 aliphatic rings. The topological polar surface area (TPSA) is 56.7 Å². The highest BCUT2D eigenvalue weighted by Crippen LogP contribution is 2.32. The smallest absolute Gasteiger partial charge is 0.433 e. The lowest BCUT2D eigenvalue weighted by molar-refractivity contribution is -0.141. The molecule has 0 bridgehead atoms. The zero-order valence-corrected chi connectivity index (χ0v) is 16.2. The van der Waals surface area contributed by atoms with Gasteiger partial charge in [0, 0.05) is 43.4 Å². The summed E-state index contributed by atoms with van der Waals surface area (Å²) in [7, 11) is 0. The molecule has 2 aromatic heterocycles. The molecule has 156 valence electrons. The van der Waals surface area contributed by atoms with E-state index >= 15 is 0 Å². The van der Waals surface area contributed by atoms with E-state index in [1.807, 2.05) is 12.1 Å². The van der Waals surface area contributed by atoms with Gasteiger partial charge in [0.2, 0.25) is 0 Å². The van der Waals surface area contributed by atoms with E-state index in [-0.39, 0.29) is 23.6 Å². The molecule has 1 fully saturated rings. The Balaban J connectivity index is 1.42. The Morgan fingerprint density at radius 2 is 1.97 bits per heavy atom. The Labute approximate surface area is 166 Å². The second kappa shape index (κ2) is 7.70. The second-order valence-electron chi connectivity index (χ2n) is 7.38. The Hall–Kier alpha value is -2.55. The molecule has 1 saturated heterocycles. The first-order valence-electron chi connectivity index (χ1n) is 9.50. The summed E-state index contributed by atoms with van der Waals surface area (Å²) in [5.41, 5.74) is 0.190. The molecule has 0 aliphatic carbocycles. The van der Waals surface area contributed by atoms with Gasteiger partial charge >= 0.3 is 6.18 Å². The van der Waals surface area contributed by atoms with Crippen molar-refractivity contribution >= 4 is 0 Å². The largest absolute Gasteiger partial charge is 0.489 e. The molecule has 2 aromatic rings. The highest BCUT2D eigenvalue weighted by molar-refractivity contribution is 5.36. The van der Waals surface area contributed by atoms with Gasteiger partial charge in [0.15, 0.2) is 5.75 Å². The summed E-state index contributed by atoms with van der Waals surface area (Å²) < 4.78 is 55.9. The average Bonchev–Trinajstić information content (AvgIpc) is 2.99. The molecule has 0 N–H and O–H groups in total. The lowest BCUT2D eigenvalue weighted by atomic mass is 10.2. The van der Waals surface area contributed by atoms with Crippen molar-refractivity contribution < 1.29 is 27.4 Å². The molecule has 2 atom stereocenters. The van der Waals surface area contributed by atoms with Crippen molar-refractivity contribution in [2.75, 3.05) is 19.8 Å². The minimum absolute atomic E-state index is 0.196. The molecule has 0 saturated carbocycles. The monoisotopic (exact) mass is 409 g/mol. The predicted molar refractivity (Wildman–Crippen MR) is 98.1 cm³/mol. The van der Waals surface area contributed by atoms with Crippen molar-refractivity contribution in [2.45, 2.75) is 45.1 Å². The van der Waals surface area contributed by atoms with Crippen LogP contribution < -0.4 is 14.2 Å². The molecule has 0 radical (unpaired) electrons. The minimum Gasteiger partial charge on any atom is -0.489 e. The first-order chi connectivity index (χ1) is 13.8. The van der Waals surface area contributed by atoms with Crippen LogP contribution in [0.3, 0.4) is 0 Å². The first kappa shape index (κ1) is 19.8. The normalized spacial score (nSPS) is 22.0. The molecule has 0 aromatic carbocycles. The van der Waals surface area contributed by atoms with E-state index in [4.69, 9.17) is 14.2 Å². The van der Waals surface area contributed by atoms with E-state index in [1.165, 1.54) is 13.0 Å². The SMILES string of the molecule is Cc1cc(O[C@@H]2C[C@H](C)N(Cc3ccc4c(n3)OCCO4)C2)cc(C(F)(F)F)n1. The molecular formula is C20H22F3N3O3. The van der Waals surface area contributed by atoms with Crippen LogP contribution in [0.5, 0.6) is 17.4 Å². The summed E-state index contributed by atoms with van der Waals surface area (Å²) in [6.45, 7) is 5.78. The number of hydrogen-bond donors (Lipinski definition) is 0. The quantitative estimate of drug-likeness (QED) is 0.769. The van der Waals surface area contributed by atoms with Gasteiger partial charge in [-0.25, -0.2) is 9.97 Å². The highest BCUT2D eigenvalue weighted by atomic mass is 19.4. The number of aromatic nitrogens is 2. The maximum Gasteiger partial charge on any atom is 0.433 e. The number of likely N-dealkylation sites (tertiary alicyclic amines) is 1. The van der Waals surface area contributed by atoms with Crippen LogP contribution in [0.2, 0.25) is 0 Å². The molecule has 4 rings (SSSR count). The molecule has 6 nitrogen and oxygen atoms in total. The van der Waals surface area contributed by atoms with Gasteiger partial charge < -0.3 is 14.2 Å². The maximum absolute atomic E-state index is 13.0. The maximum atomic E-state index is 13.0. The number of fused-ring (bicyclic) bond motifs is 1. The highest BCUT2D eigenvalue weighted by Gasteiger charge is 2.35. The van der Waals surface area contributed by atoms with Crippen LogP contribution in [0, 0.1) is 6.92 Å². The third kappa shape index (κ3) is 4.55. The van der Waals surface area contributed by atoms with Gasteiger partial charge in [-0.15, -0.1) is 0 Å². The number of hydrogen-bond acceptors (Lipinski definition) is 6. The lowest BCUT2D eigenvalue weighted by Gasteiger charge is -2.22. The van der Waals surface area contributed by atoms with E-state index in [1.54, 1.807) is 0 Å². The van der Waals surface area contributed by atoms with E-state index in [0.29, 0.717) is 44.4 Å². The number of alkyl halides is 3. The molecule has 0 unspecified atom stereocenters. The van der Waals surface area contributed by atoms with Crippen LogP contribution in [0.1, 0.15) is 30.4 Å². The standard InChI is InChI=1S/C20H22F3N3O3/c1-12-7-15(9-18(24-12)20(21,22)23)29-16-8-13(2)26(11-16)10-14-3-4-17-19(25-14)28-6-5-27-17/h3-4,7,9,13,16H,5-6,8,10-11H2,1-2H3/t13-,16+/m0/s1. The molecule has 9 heteroatoms. The fraction of sp³-hybridized carbons (Fsp3) is 0.500. The van der Waals surface area contributed by atoms with Gasteiger partial charge in [0.25, 0.3) is 5.88 Å². The molecule has 0 spiro atoms. The Morgan fingerprint density at radius 3 is 2.76 bits per heavy atom.